The van der Waals surface area contributed by atoms with Crippen LogP contribution >= 0.6 is 0 Å². The Kier molecular flexibility index (Phi) is 3.20. The molecule has 14 heavy (non-hydrogen) atoms. The van der Waals surface area contributed by atoms with Crippen LogP contribution in [-0.4, -0.2) is 12.5 Å². The van der Waals surface area contributed by atoms with E-state index in [2.05, 4.69) is 13.8 Å². The SMILES string of the molecule is CC1(C)CCCC(CN)(CC(N)=O)C1. The highest BCUT2D eigenvalue weighted by Crippen LogP contribution is 2.47. The van der Waals surface area contributed by atoms with Crippen LogP contribution in [0.5, 0.6) is 0 Å². The highest BCUT2D eigenvalue weighted by Gasteiger charge is 2.39. The largest absolute Gasteiger partial charge is 0.370 e. The number of rotatable bonds is 3. The lowest BCUT2D eigenvalue weighted by molar-refractivity contribution is -0.121. The third-order valence-corrected chi connectivity index (χ3v) is 3.40. The van der Waals surface area contributed by atoms with Crippen molar-refractivity contribution >= 4 is 5.91 Å². The fraction of sp³-hybridized carbons (Fsp3) is 0.909. The van der Waals surface area contributed by atoms with Crippen molar-refractivity contribution in [2.75, 3.05) is 6.54 Å². The topological polar surface area (TPSA) is 69.1 Å². The van der Waals surface area contributed by atoms with Crippen LogP contribution in [0, 0.1) is 10.8 Å². The monoisotopic (exact) mass is 198 g/mol. The molecule has 1 atom stereocenters. The van der Waals surface area contributed by atoms with Gasteiger partial charge < -0.3 is 11.5 Å². The molecular formula is C11H22N2O. The molecule has 3 nitrogen and oxygen atoms in total. The summed E-state index contributed by atoms with van der Waals surface area (Å²) >= 11 is 0. The Balaban J connectivity index is 2.73. The van der Waals surface area contributed by atoms with Gasteiger partial charge in [0.05, 0.1) is 0 Å². The molecular weight excluding hydrogens is 176 g/mol. The highest BCUT2D eigenvalue weighted by molar-refractivity contribution is 5.74. The lowest BCUT2D eigenvalue weighted by Gasteiger charge is -2.44. The summed E-state index contributed by atoms with van der Waals surface area (Å²) < 4.78 is 0. The molecule has 0 aromatic heterocycles. The third-order valence-electron chi connectivity index (χ3n) is 3.40. The Bertz CT molecular complexity index is 225. The van der Waals surface area contributed by atoms with Crippen LogP contribution in [0.1, 0.15) is 46.0 Å². The number of hydrogen-bond donors (Lipinski definition) is 2. The molecule has 3 heteroatoms. The van der Waals surface area contributed by atoms with Gasteiger partial charge in [0.15, 0.2) is 0 Å². The molecule has 0 aromatic carbocycles. The predicted molar refractivity (Wildman–Crippen MR) is 57.5 cm³/mol. The molecule has 4 N–H and O–H groups in total. The normalized spacial score (nSPS) is 31.4. The molecule has 1 rings (SSSR count). The quantitative estimate of drug-likeness (QED) is 0.719. The fourth-order valence-electron chi connectivity index (χ4n) is 2.90. The van der Waals surface area contributed by atoms with Crippen LogP contribution in [0.3, 0.4) is 0 Å². The smallest absolute Gasteiger partial charge is 0.218 e. The minimum atomic E-state index is -0.215. The Morgan fingerprint density at radius 2 is 2.00 bits per heavy atom. The molecule has 1 fully saturated rings. The van der Waals surface area contributed by atoms with Gasteiger partial charge in [-0.15, -0.1) is 0 Å². The molecule has 1 aliphatic carbocycles. The predicted octanol–water partition coefficient (Wildman–Crippen LogP) is 1.41. The van der Waals surface area contributed by atoms with Crippen molar-refractivity contribution in [1.82, 2.24) is 0 Å². The van der Waals surface area contributed by atoms with E-state index < -0.39 is 0 Å². The Labute approximate surface area is 86.2 Å². The molecule has 0 heterocycles. The number of carbonyl (C=O) groups excluding carboxylic acids is 1. The number of primary amides is 1. The van der Waals surface area contributed by atoms with Crippen LogP contribution in [0.15, 0.2) is 0 Å². The highest BCUT2D eigenvalue weighted by atomic mass is 16.1. The van der Waals surface area contributed by atoms with Crippen molar-refractivity contribution in [3.05, 3.63) is 0 Å². The molecule has 0 aromatic rings. The second-order valence-electron chi connectivity index (χ2n) is 5.54. The number of nitrogens with two attached hydrogens (primary N) is 2. The maximum Gasteiger partial charge on any atom is 0.218 e. The molecule has 82 valence electrons. The standard InChI is InChI=1S/C11H22N2O/c1-10(2)4-3-5-11(7-10,8-12)6-9(13)14/h3-8,12H2,1-2H3,(H2,13,14). The van der Waals surface area contributed by atoms with Crippen LogP contribution in [0.4, 0.5) is 0 Å². The van der Waals surface area contributed by atoms with Crippen molar-refractivity contribution in [1.29, 1.82) is 0 Å². The lowest BCUT2D eigenvalue weighted by atomic mass is 9.62. The van der Waals surface area contributed by atoms with Crippen molar-refractivity contribution in [2.24, 2.45) is 22.3 Å². The first-order valence-corrected chi connectivity index (χ1v) is 5.38. The van der Waals surface area contributed by atoms with E-state index in [1.807, 2.05) is 0 Å². The molecule has 1 aliphatic rings. The Morgan fingerprint density at radius 3 is 2.43 bits per heavy atom. The van der Waals surface area contributed by atoms with Crippen LogP contribution in [-0.2, 0) is 4.79 Å². The van der Waals surface area contributed by atoms with E-state index in [9.17, 15) is 4.79 Å². The second-order valence-corrected chi connectivity index (χ2v) is 5.54. The van der Waals surface area contributed by atoms with Crippen molar-refractivity contribution in [2.45, 2.75) is 46.0 Å². The summed E-state index contributed by atoms with van der Waals surface area (Å²) in [4.78, 5) is 11.0. The van der Waals surface area contributed by atoms with E-state index >= 15 is 0 Å². The van der Waals surface area contributed by atoms with Gasteiger partial charge in [-0.05, 0) is 36.6 Å². The maximum absolute atomic E-state index is 11.0. The molecule has 1 unspecified atom stereocenters. The van der Waals surface area contributed by atoms with Crippen molar-refractivity contribution < 1.29 is 4.79 Å². The summed E-state index contributed by atoms with van der Waals surface area (Å²) in [5, 5.41) is 0. The van der Waals surface area contributed by atoms with Gasteiger partial charge in [0.1, 0.15) is 0 Å². The van der Waals surface area contributed by atoms with Gasteiger partial charge in [0.2, 0.25) is 5.91 Å². The molecule has 0 radical (unpaired) electrons. The van der Waals surface area contributed by atoms with E-state index in [4.69, 9.17) is 11.5 Å². The Hall–Kier alpha value is -0.570. The van der Waals surface area contributed by atoms with E-state index in [1.54, 1.807) is 0 Å². The molecule has 0 bridgehead atoms. The van der Waals surface area contributed by atoms with Crippen LogP contribution in [0.2, 0.25) is 0 Å². The average Bonchev–Trinajstić information content (AvgIpc) is 2.01. The molecule has 0 spiro atoms. The first-order chi connectivity index (χ1) is 6.39. The zero-order valence-corrected chi connectivity index (χ0v) is 9.31. The van der Waals surface area contributed by atoms with Crippen LogP contribution < -0.4 is 11.5 Å². The summed E-state index contributed by atoms with van der Waals surface area (Å²) in [6, 6.07) is 0. The van der Waals surface area contributed by atoms with E-state index in [0.717, 1.165) is 19.3 Å². The summed E-state index contributed by atoms with van der Waals surface area (Å²) in [7, 11) is 0. The molecule has 1 saturated carbocycles. The van der Waals surface area contributed by atoms with E-state index in [1.165, 1.54) is 6.42 Å². The first kappa shape index (κ1) is 11.5. The molecule has 0 saturated heterocycles. The summed E-state index contributed by atoms with van der Waals surface area (Å²) in [5.74, 6) is -0.215. The van der Waals surface area contributed by atoms with Gasteiger partial charge in [-0.1, -0.05) is 20.3 Å². The van der Waals surface area contributed by atoms with Gasteiger partial charge in [-0.2, -0.15) is 0 Å². The third kappa shape index (κ3) is 2.71. The molecule has 1 amide bonds. The van der Waals surface area contributed by atoms with Crippen LogP contribution in [0.25, 0.3) is 0 Å². The zero-order chi connectivity index (χ0) is 10.8. The number of carbonyl (C=O) groups is 1. The van der Waals surface area contributed by atoms with Gasteiger partial charge in [-0.3, -0.25) is 4.79 Å². The Morgan fingerprint density at radius 1 is 1.36 bits per heavy atom. The fourth-order valence-corrected chi connectivity index (χ4v) is 2.90. The van der Waals surface area contributed by atoms with Crippen molar-refractivity contribution in [3.8, 4) is 0 Å². The summed E-state index contributed by atoms with van der Waals surface area (Å²) in [5.41, 5.74) is 11.4. The van der Waals surface area contributed by atoms with Gasteiger partial charge in [0.25, 0.3) is 0 Å². The lowest BCUT2D eigenvalue weighted by Crippen LogP contribution is -2.41. The number of amides is 1. The summed E-state index contributed by atoms with van der Waals surface area (Å²) in [6.45, 7) is 5.08. The minimum Gasteiger partial charge on any atom is -0.370 e. The zero-order valence-electron chi connectivity index (χ0n) is 9.31. The summed E-state index contributed by atoms with van der Waals surface area (Å²) in [6.07, 6.45) is 4.92. The number of hydrogen-bond acceptors (Lipinski definition) is 2. The maximum atomic E-state index is 11.0. The van der Waals surface area contributed by atoms with E-state index in [-0.39, 0.29) is 11.3 Å². The van der Waals surface area contributed by atoms with E-state index in [0.29, 0.717) is 18.4 Å². The molecule has 0 aliphatic heterocycles. The first-order valence-electron chi connectivity index (χ1n) is 5.38. The minimum absolute atomic E-state index is 0.0203. The average molecular weight is 198 g/mol. The van der Waals surface area contributed by atoms with Gasteiger partial charge in [-0.25, -0.2) is 0 Å². The second kappa shape index (κ2) is 3.89. The van der Waals surface area contributed by atoms with Crippen molar-refractivity contribution in [3.63, 3.8) is 0 Å². The van der Waals surface area contributed by atoms with Gasteiger partial charge >= 0.3 is 0 Å². The van der Waals surface area contributed by atoms with Gasteiger partial charge in [0, 0.05) is 6.42 Å².